The van der Waals surface area contributed by atoms with Gasteiger partial charge in [0.05, 0.1) is 6.10 Å². The second kappa shape index (κ2) is 5.88. The third kappa shape index (κ3) is 2.63. The van der Waals surface area contributed by atoms with Gasteiger partial charge in [-0.2, -0.15) is 0 Å². The number of para-hydroxylation sites is 2. The topological polar surface area (TPSA) is 49.3 Å². The van der Waals surface area contributed by atoms with Crippen LogP contribution in [0.3, 0.4) is 0 Å². The highest BCUT2D eigenvalue weighted by molar-refractivity contribution is 5.79. The first-order chi connectivity index (χ1) is 12.1. The van der Waals surface area contributed by atoms with E-state index in [2.05, 4.69) is 21.4 Å². The van der Waals surface area contributed by atoms with Crippen molar-refractivity contribution in [1.29, 1.82) is 0 Å². The predicted molar refractivity (Wildman–Crippen MR) is 94.9 cm³/mol. The van der Waals surface area contributed by atoms with Crippen LogP contribution in [-0.4, -0.2) is 32.7 Å². The molecule has 6 nitrogen and oxygen atoms in total. The number of benzene rings is 2. The Morgan fingerprint density at radius 1 is 1.12 bits per heavy atom. The molecule has 0 bridgehead atoms. The standard InChI is InChI=1S/C19H21N3O3/c1-4-14(3)25-19(23)12-24-18-10-9-13(2)11-17(18)22-20-15-7-5-6-8-16(15)21(20)22/h5-11,14H,4,12H2,1-3H3. The Morgan fingerprint density at radius 3 is 2.44 bits per heavy atom. The van der Waals surface area contributed by atoms with Gasteiger partial charge in [0.15, 0.2) is 6.61 Å². The van der Waals surface area contributed by atoms with Gasteiger partial charge in [-0.25, -0.2) is 4.79 Å². The fourth-order valence-corrected chi connectivity index (χ4v) is 2.88. The molecule has 2 aromatic carbocycles. The van der Waals surface area contributed by atoms with E-state index in [9.17, 15) is 4.79 Å². The van der Waals surface area contributed by atoms with E-state index in [1.807, 2.05) is 55.9 Å². The van der Waals surface area contributed by atoms with Crippen LogP contribution in [0.2, 0.25) is 0 Å². The van der Waals surface area contributed by atoms with Crippen LogP contribution < -0.4 is 4.74 Å². The van der Waals surface area contributed by atoms with E-state index in [-0.39, 0.29) is 18.7 Å². The molecule has 0 aliphatic heterocycles. The molecular weight excluding hydrogens is 318 g/mol. The number of hydrogen-bond acceptors (Lipinski definition) is 3. The van der Waals surface area contributed by atoms with Crippen molar-refractivity contribution in [3.8, 4) is 11.4 Å². The number of fused-ring (bicyclic) bond motifs is 4. The number of hydrogen-bond donors (Lipinski definition) is 0. The number of carbonyl (C=O) groups excluding carboxylic acids is 1. The number of nitrogens with zero attached hydrogens (tertiary/aromatic N) is 3. The fourth-order valence-electron chi connectivity index (χ4n) is 2.88. The molecule has 1 atom stereocenters. The van der Waals surface area contributed by atoms with Crippen LogP contribution in [0.4, 0.5) is 0 Å². The van der Waals surface area contributed by atoms with Gasteiger partial charge in [0, 0.05) is 0 Å². The van der Waals surface area contributed by atoms with Gasteiger partial charge in [0.1, 0.15) is 22.5 Å². The average molecular weight is 339 g/mol. The molecule has 0 saturated carbocycles. The zero-order valence-electron chi connectivity index (χ0n) is 14.6. The third-order valence-electron chi connectivity index (χ3n) is 4.40. The Morgan fingerprint density at radius 2 is 1.80 bits per heavy atom. The summed E-state index contributed by atoms with van der Waals surface area (Å²) in [7, 11) is 0. The van der Waals surface area contributed by atoms with Crippen molar-refractivity contribution in [2.75, 3.05) is 6.61 Å². The van der Waals surface area contributed by atoms with Gasteiger partial charge < -0.3 is 9.47 Å². The lowest BCUT2D eigenvalue weighted by Crippen LogP contribution is -2.20. The van der Waals surface area contributed by atoms with Crippen molar-refractivity contribution in [3.63, 3.8) is 0 Å². The summed E-state index contributed by atoms with van der Waals surface area (Å²) in [5.41, 5.74) is 4.35. The van der Waals surface area contributed by atoms with Gasteiger partial charge in [-0.3, -0.25) is 0 Å². The quantitative estimate of drug-likeness (QED) is 0.506. The Kier molecular flexibility index (Phi) is 3.67. The lowest BCUT2D eigenvalue weighted by molar-refractivity contribution is -0.150. The van der Waals surface area contributed by atoms with Crippen molar-refractivity contribution < 1.29 is 14.3 Å². The van der Waals surface area contributed by atoms with Crippen LogP contribution in [0.25, 0.3) is 16.7 Å². The summed E-state index contributed by atoms with van der Waals surface area (Å²) in [6.45, 7) is 5.79. The number of carbonyl (C=O) groups is 1. The number of aromatic nitrogens is 3. The minimum atomic E-state index is -0.349. The molecule has 0 saturated heterocycles. The van der Waals surface area contributed by atoms with Gasteiger partial charge in [-0.15, -0.1) is 14.1 Å². The van der Waals surface area contributed by atoms with E-state index < -0.39 is 0 Å². The lowest BCUT2D eigenvalue weighted by atomic mass is 10.2. The zero-order chi connectivity index (χ0) is 17.6. The second-order valence-corrected chi connectivity index (χ2v) is 6.33. The molecule has 0 radical (unpaired) electrons. The molecule has 1 unspecified atom stereocenters. The SMILES string of the molecule is CCC(C)OC(=O)COc1ccc(C)cc1-n1n2c3ccccc3n12. The summed E-state index contributed by atoms with van der Waals surface area (Å²) < 4.78 is 15.2. The summed E-state index contributed by atoms with van der Waals surface area (Å²) in [5.74, 6) is 0.311. The van der Waals surface area contributed by atoms with Crippen LogP contribution in [0.15, 0.2) is 42.5 Å². The Labute approximate surface area is 145 Å². The maximum absolute atomic E-state index is 11.9. The maximum Gasteiger partial charge on any atom is 0.344 e. The Bertz CT molecular complexity index is 982. The second-order valence-electron chi connectivity index (χ2n) is 6.33. The average Bonchev–Trinajstić information content (AvgIpc) is 3.27. The lowest BCUT2D eigenvalue weighted by Gasteiger charge is -2.12. The van der Waals surface area contributed by atoms with Gasteiger partial charge in [0.2, 0.25) is 0 Å². The summed E-state index contributed by atoms with van der Waals surface area (Å²) in [5, 5.41) is 0. The van der Waals surface area contributed by atoms with Crippen molar-refractivity contribution in [1.82, 2.24) is 14.1 Å². The smallest absolute Gasteiger partial charge is 0.344 e. The monoisotopic (exact) mass is 339 g/mol. The summed E-state index contributed by atoms with van der Waals surface area (Å²) in [6, 6.07) is 14.1. The molecule has 0 N–H and O–H groups in total. The fraction of sp³-hybridized carbons (Fsp3) is 0.316. The largest absolute Gasteiger partial charge is 0.480 e. The minimum Gasteiger partial charge on any atom is -0.480 e. The highest BCUT2D eigenvalue weighted by Gasteiger charge is 2.25. The first-order valence-electron chi connectivity index (χ1n) is 8.52. The highest BCUT2D eigenvalue weighted by Crippen LogP contribution is 2.31. The van der Waals surface area contributed by atoms with Crippen LogP contribution in [-0.2, 0) is 9.53 Å². The first-order valence-corrected chi connectivity index (χ1v) is 8.52. The van der Waals surface area contributed by atoms with Crippen LogP contribution in [0.5, 0.6) is 5.75 Å². The summed E-state index contributed by atoms with van der Waals surface area (Å²) >= 11 is 0. The van der Waals surface area contributed by atoms with E-state index in [0.717, 1.165) is 28.7 Å². The number of esters is 1. The molecule has 2 heterocycles. The van der Waals surface area contributed by atoms with Crippen molar-refractivity contribution in [2.24, 2.45) is 0 Å². The van der Waals surface area contributed by atoms with Crippen molar-refractivity contribution in [3.05, 3.63) is 48.0 Å². The molecule has 0 aliphatic carbocycles. The molecule has 4 rings (SSSR count). The van der Waals surface area contributed by atoms with Crippen LogP contribution >= 0.6 is 0 Å². The minimum absolute atomic E-state index is 0.0941. The normalized spacial score (nSPS) is 12.9. The molecule has 4 aromatic rings. The summed E-state index contributed by atoms with van der Waals surface area (Å²) in [4.78, 5) is 13.9. The number of aryl methyl sites for hydroxylation is 1. The Balaban J connectivity index is 1.59. The molecule has 2 aromatic heterocycles. The molecule has 6 heteroatoms. The molecule has 0 amide bonds. The van der Waals surface area contributed by atoms with Gasteiger partial charge >= 0.3 is 5.97 Å². The first kappa shape index (κ1) is 15.6. The molecular formula is C19H21N3O3. The van der Waals surface area contributed by atoms with E-state index >= 15 is 0 Å². The van der Waals surface area contributed by atoms with Crippen LogP contribution in [0, 0.1) is 6.92 Å². The molecule has 130 valence electrons. The maximum atomic E-state index is 11.9. The van der Waals surface area contributed by atoms with Gasteiger partial charge in [0.25, 0.3) is 0 Å². The van der Waals surface area contributed by atoms with Crippen molar-refractivity contribution in [2.45, 2.75) is 33.3 Å². The van der Waals surface area contributed by atoms with Crippen molar-refractivity contribution >= 4 is 17.0 Å². The molecule has 0 aliphatic rings. The highest BCUT2D eigenvalue weighted by atomic mass is 16.6. The van der Waals surface area contributed by atoms with E-state index in [4.69, 9.17) is 9.47 Å². The molecule has 0 spiro atoms. The van der Waals surface area contributed by atoms with E-state index in [1.54, 1.807) is 0 Å². The Hall–Kier alpha value is -2.89. The number of ether oxygens (including phenoxy) is 2. The zero-order valence-corrected chi connectivity index (χ0v) is 14.6. The summed E-state index contributed by atoms with van der Waals surface area (Å²) in [6.07, 6.45) is 0.695. The molecule has 0 fully saturated rings. The van der Waals surface area contributed by atoms with E-state index in [1.165, 1.54) is 0 Å². The van der Waals surface area contributed by atoms with E-state index in [0.29, 0.717) is 5.75 Å². The van der Waals surface area contributed by atoms with Gasteiger partial charge in [-0.1, -0.05) is 25.1 Å². The predicted octanol–water partition coefficient (Wildman–Crippen LogP) is 3.45. The molecule has 25 heavy (non-hydrogen) atoms. The third-order valence-corrected chi connectivity index (χ3v) is 4.40. The van der Waals surface area contributed by atoms with Crippen LogP contribution in [0.1, 0.15) is 25.8 Å². The van der Waals surface area contributed by atoms with Gasteiger partial charge in [-0.05, 0) is 50.1 Å². The number of rotatable bonds is 6.